The zero-order valence-corrected chi connectivity index (χ0v) is 15.8. The van der Waals surface area contributed by atoms with Crippen LogP contribution in [0.15, 0.2) is 48.5 Å². The Hall–Kier alpha value is -3.16. The average molecular weight is 406 g/mol. The molecule has 0 unspecified atom stereocenters. The number of methoxy groups -OCH3 is 1. The minimum absolute atomic E-state index is 0.0663. The number of ether oxygens (including phenoxy) is 1. The van der Waals surface area contributed by atoms with Crippen LogP contribution >= 0.6 is 0 Å². The predicted octanol–water partition coefficient (Wildman–Crippen LogP) is 4.55. The Kier molecular flexibility index (Phi) is 5.72. The number of hydrogen-bond donors (Lipinski definition) is 0. The van der Waals surface area contributed by atoms with E-state index in [1.165, 1.54) is 7.11 Å². The van der Waals surface area contributed by atoms with Gasteiger partial charge >= 0.3 is 12.1 Å². The third kappa shape index (κ3) is 5.01. The Morgan fingerprint density at radius 2 is 1.83 bits per heavy atom. The van der Waals surface area contributed by atoms with Gasteiger partial charge in [-0.3, -0.25) is 4.68 Å². The van der Waals surface area contributed by atoms with Crippen LogP contribution < -0.4 is 0 Å². The topological polar surface area (TPSA) is 44.1 Å². The van der Waals surface area contributed by atoms with Crippen LogP contribution in [-0.4, -0.2) is 22.9 Å². The van der Waals surface area contributed by atoms with E-state index in [9.17, 15) is 22.4 Å². The molecule has 0 aliphatic heterocycles. The molecule has 4 nitrogen and oxygen atoms in total. The quantitative estimate of drug-likeness (QED) is 0.461. The van der Waals surface area contributed by atoms with Gasteiger partial charge in [-0.1, -0.05) is 12.1 Å². The van der Waals surface area contributed by atoms with Gasteiger partial charge in [0.25, 0.3) is 0 Å². The van der Waals surface area contributed by atoms with Crippen molar-refractivity contribution < 1.29 is 27.1 Å². The fraction of sp³-hybridized carbons (Fsp3) is 0.238. The Balaban J connectivity index is 1.81. The summed E-state index contributed by atoms with van der Waals surface area (Å²) in [5, 5.41) is 4.32. The van der Waals surface area contributed by atoms with Gasteiger partial charge in [-0.2, -0.15) is 18.3 Å². The number of esters is 1. The van der Waals surface area contributed by atoms with Gasteiger partial charge in [0, 0.05) is 25.6 Å². The monoisotopic (exact) mass is 406 g/mol. The van der Waals surface area contributed by atoms with Crippen molar-refractivity contribution in [1.29, 1.82) is 0 Å². The SMILES string of the molecule is COC(=O)c1cccc(Cc2cc(Cc3cc(F)cc(C(F)(F)F)c3)nn2C)c1. The molecule has 3 aromatic rings. The van der Waals surface area contributed by atoms with Crippen LogP contribution in [0.3, 0.4) is 0 Å². The zero-order chi connectivity index (χ0) is 21.2. The number of hydrogen-bond acceptors (Lipinski definition) is 3. The van der Waals surface area contributed by atoms with Crippen molar-refractivity contribution in [3.8, 4) is 0 Å². The molecule has 0 N–H and O–H groups in total. The van der Waals surface area contributed by atoms with E-state index in [0.717, 1.165) is 23.4 Å². The largest absolute Gasteiger partial charge is 0.465 e. The smallest absolute Gasteiger partial charge is 0.416 e. The molecule has 0 spiro atoms. The van der Waals surface area contributed by atoms with Crippen LogP contribution in [0.2, 0.25) is 0 Å². The molecule has 0 aliphatic carbocycles. The standard InChI is InChI=1S/C21H18F4N2O2/c1-27-19(10-13-4-3-5-15(6-13)20(28)29-2)12-18(26-27)9-14-7-16(21(23,24)25)11-17(22)8-14/h3-8,11-12H,9-10H2,1-2H3. The predicted molar refractivity (Wildman–Crippen MR) is 98.0 cm³/mol. The maximum atomic E-state index is 13.6. The summed E-state index contributed by atoms with van der Waals surface area (Å²) in [6, 6.07) is 11.2. The molecule has 3 rings (SSSR count). The number of alkyl halides is 3. The van der Waals surface area contributed by atoms with Crippen LogP contribution in [0.5, 0.6) is 0 Å². The van der Waals surface area contributed by atoms with Crippen molar-refractivity contribution in [2.24, 2.45) is 7.05 Å². The molecule has 0 bridgehead atoms. The highest BCUT2D eigenvalue weighted by Crippen LogP contribution is 2.31. The molecule has 0 amide bonds. The lowest BCUT2D eigenvalue weighted by molar-refractivity contribution is -0.137. The lowest BCUT2D eigenvalue weighted by Crippen LogP contribution is -2.06. The van der Waals surface area contributed by atoms with E-state index in [2.05, 4.69) is 5.10 Å². The molecule has 0 aliphatic rings. The number of halogens is 4. The molecular weight excluding hydrogens is 388 g/mol. The van der Waals surface area contributed by atoms with E-state index < -0.39 is 23.5 Å². The fourth-order valence-electron chi connectivity index (χ4n) is 3.08. The van der Waals surface area contributed by atoms with E-state index in [0.29, 0.717) is 23.7 Å². The number of nitrogens with zero attached hydrogens (tertiary/aromatic N) is 2. The highest BCUT2D eigenvalue weighted by Gasteiger charge is 2.31. The lowest BCUT2D eigenvalue weighted by Gasteiger charge is -2.08. The maximum Gasteiger partial charge on any atom is 0.416 e. The zero-order valence-electron chi connectivity index (χ0n) is 15.8. The first-order valence-corrected chi connectivity index (χ1v) is 8.71. The van der Waals surface area contributed by atoms with Crippen molar-refractivity contribution in [1.82, 2.24) is 9.78 Å². The third-order valence-corrected chi connectivity index (χ3v) is 4.43. The minimum atomic E-state index is -4.61. The van der Waals surface area contributed by atoms with Crippen LogP contribution in [0.4, 0.5) is 17.6 Å². The lowest BCUT2D eigenvalue weighted by atomic mass is 10.0. The van der Waals surface area contributed by atoms with Crippen LogP contribution in [-0.2, 0) is 30.8 Å². The van der Waals surface area contributed by atoms with Crippen molar-refractivity contribution in [2.75, 3.05) is 7.11 Å². The van der Waals surface area contributed by atoms with Gasteiger partial charge in [-0.05, 0) is 47.5 Å². The van der Waals surface area contributed by atoms with Gasteiger partial charge < -0.3 is 4.74 Å². The van der Waals surface area contributed by atoms with Gasteiger partial charge in [0.2, 0.25) is 0 Å². The van der Waals surface area contributed by atoms with E-state index in [-0.39, 0.29) is 12.0 Å². The second-order valence-corrected chi connectivity index (χ2v) is 6.64. The van der Waals surface area contributed by atoms with Crippen LogP contribution in [0.25, 0.3) is 0 Å². The third-order valence-electron chi connectivity index (χ3n) is 4.43. The van der Waals surface area contributed by atoms with Gasteiger partial charge in [0.1, 0.15) is 5.82 Å². The number of benzene rings is 2. The molecule has 1 heterocycles. The second-order valence-electron chi connectivity index (χ2n) is 6.64. The normalized spacial score (nSPS) is 11.5. The maximum absolute atomic E-state index is 13.6. The molecule has 0 fully saturated rings. The molecule has 0 radical (unpaired) electrons. The summed E-state index contributed by atoms with van der Waals surface area (Å²) < 4.78 is 58.6. The van der Waals surface area contributed by atoms with Crippen molar-refractivity contribution in [3.63, 3.8) is 0 Å². The Morgan fingerprint density at radius 3 is 2.52 bits per heavy atom. The van der Waals surface area contributed by atoms with Crippen LogP contribution in [0, 0.1) is 5.82 Å². The summed E-state index contributed by atoms with van der Waals surface area (Å²) in [4.78, 5) is 11.7. The molecule has 8 heteroatoms. The van der Waals surface area contributed by atoms with Gasteiger partial charge in [-0.15, -0.1) is 0 Å². The first-order chi connectivity index (χ1) is 13.7. The number of rotatable bonds is 5. The first-order valence-electron chi connectivity index (χ1n) is 8.71. The minimum Gasteiger partial charge on any atom is -0.465 e. The van der Waals surface area contributed by atoms with Crippen molar-refractivity contribution in [3.05, 3.63) is 88.0 Å². The molecule has 2 aromatic carbocycles. The Morgan fingerprint density at radius 1 is 1.07 bits per heavy atom. The molecule has 152 valence electrons. The van der Waals surface area contributed by atoms with E-state index in [4.69, 9.17) is 4.74 Å². The summed E-state index contributed by atoms with van der Waals surface area (Å²) in [5.41, 5.74) is 1.76. The van der Waals surface area contributed by atoms with Crippen LogP contribution in [0.1, 0.15) is 38.4 Å². The van der Waals surface area contributed by atoms with Crippen molar-refractivity contribution >= 4 is 5.97 Å². The Bertz CT molecular complexity index is 1040. The Labute approximate surface area is 164 Å². The van der Waals surface area contributed by atoms with Gasteiger partial charge in [-0.25, -0.2) is 9.18 Å². The summed E-state index contributed by atoms with van der Waals surface area (Å²) in [6.45, 7) is 0. The van der Waals surface area contributed by atoms with Gasteiger partial charge in [0.05, 0.1) is 23.9 Å². The van der Waals surface area contributed by atoms with Crippen molar-refractivity contribution in [2.45, 2.75) is 19.0 Å². The highest BCUT2D eigenvalue weighted by atomic mass is 19.4. The van der Waals surface area contributed by atoms with Gasteiger partial charge in [0.15, 0.2) is 0 Å². The summed E-state index contributed by atoms with van der Waals surface area (Å²) in [5.74, 6) is -1.38. The van der Waals surface area contributed by atoms with E-state index >= 15 is 0 Å². The number of carbonyl (C=O) groups is 1. The summed E-state index contributed by atoms with van der Waals surface area (Å²) >= 11 is 0. The number of carbonyl (C=O) groups excluding carboxylic acids is 1. The first kappa shape index (κ1) is 20.6. The molecule has 29 heavy (non-hydrogen) atoms. The number of aryl methyl sites for hydroxylation is 1. The molecule has 1 aromatic heterocycles. The van der Waals surface area contributed by atoms with E-state index in [1.807, 2.05) is 6.07 Å². The highest BCUT2D eigenvalue weighted by molar-refractivity contribution is 5.89. The molecule has 0 saturated heterocycles. The molecule has 0 saturated carbocycles. The number of aromatic nitrogens is 2. The molecule has 0 atom stereocenters. The fourth-order valence-corrected chi connectivity index (χ4v) is 3.08. The van der Waals surface area contributed by atoms with E-state index in [1.54, 1.807) is 36.0 Å². The summed E-state index contributed by atoms with van der Waals surface area (Å²) in [7, 11) is 3.02. The second kappa shape index (κ2) is 8.06. The summed E-state index contributed by atoms with van der Waals surface area (Å²) in [6.07, 6.45) is -4.08. The molecular formula is C21H18F4N2O2. The average Bonchev–Trinajstić information content (AvgIpc) is 2.99.